The first-order chi connectivity index (χ1) is 8.88. The fourth-order valence-electron chi connectivity index (χ4n) is 2.11. The molecule has 1 fully saturated rings. The predicted octanol–water partition coefficient (Wildman–Crippen LogP) is 0.443. The van der Waals surface area contributed by atoms with E-state index in [0.29, 0.717) is 19.4 Å². The lowest BCUT2D eigenvalue weighted by Gasteiger charge is -2.26. The Kier molecular flexibility index (Phi) is 5.14. The van der Waals surface area contributed by atoms with Gasteiger partial charge < -0.3 is 20.1 Å². The van der Waals surface area contributed by atoms with Crippen molar-refractivity contribution in [2.75, 3.05) is 13.7 Å². The van der Waals surface area contributed by atoms with Crippen LogP contribution in [-0.4, -0.2) is 53.7 Å². The van der Waals surface area contributed by atoms with Crippen LogP contribution in [0.15, 0.2) is 0 Å². The maximum absolute atomic E-state index is 12.0. The first-order valence-corrected chi connectivity index (χ1v) is 6.26. The number of likely N-dealkylation sites (tertiary alicyclic amines) is 1. The van der Waals surface area contributed by atoms with Gasteiger partial charge in [-0.2, -0.15) is 0 Å². The van der Waals surface area contributed by atoms with Crippen LogP contribution in [0.2, 0.25) is 0 Å². The van der Waals surface area contributed by atoms with Crippen molar-refractivity contribution in [1.29, 1.82) is 0 Å². The Hall–Kier alpha value is -1.79. The van der Waals surface area contributed by atoms with Crippen molar-refractivity contribution in [1.82, 2.24) is 10.2 Å². The van der Waals surface area contributed by atoms with E-state index in [1.165, 1.54) is 12.0 Å². The highest BCUT2D eigenvalue weighted by molar-refractivity contribution is 5.87. The van der Waals surface area contributed by atoms with Crippen molar-refractivity contribution in [3.05, 3.63) is 0 Å². The van der Waals surface area contributed by atoms with Gasteiger partial charge in [-0.3, -0.25) is 0 Å². The van der Waals surface area contributed by atoms with Crippen LogP contribution >= 0.6 is 0 Å². The first-order valence-electron chi connectivity index (χ1n) is 6.26. The van der Waals surface area contributed by atoms with E-state index in [9.17, 15) is 14.4 Å². The summed E-state index contributed by atoms with van der Waals surface area (Å²) in [6.45, 7) is 3.94. The van der Waals surface area contributed by atoms with Gasteiger partial charge in [-0.1, -0.05) is 13.8 Å². The van der Waals surface area contributed by atoms with Crippen molar-refractivity contribution in [2.45, 2.75) is 38.8 Å². The topological polar surface area (TPSA) is 95.9 Å². The smallest absolute Gasteiger partial charge is 0.328 e. The van der Waals surface area contributed by atoms with Gasteiger partial charge in [0.2, 0.25) is 0 Å². The number of carboxylic acid groups (broad SMARTS) is 1. The van der Waals surface area contributed by atoms with Crippen LogP contribution < -0.4 is 5.32 Å². The summed E-state index contributed by atoms with van der Waals surface area (Å²) >= 11 is 0. The average molecular weight is 272 g/mol. The molecule has 0 bridgehead atoms. The number of hydrogen-bond acceptors (Lipinski definition) is 4. The number of methoxy groups -OCH3 is 1. The molecule has 19 heavy (non-hydrogen) atoms. The number of hydrogen-bond donors (Lipinski definition) is 2. The first kappa shape index (κ1) is 15.3. The summed E-state index contributed by atoms with van der Waals surface area (Å²) in [6, 6.07) is -2.12. The summed E-state index contributed by atoms with van der Waals surface area (Å²) in [4.78, 5) is 35.9. The van der Waals surface area contributed by atoms with Crippen LogP contribution in [-0.2, 0) is 14.3 Å². The van der Waals surface area contributed by atoms with Crippen LogP contribution in [0.3, 0.4) is 0 Å². The standard InChI is InChI=1S/C12H20N2O5/c1-7(2)9(11(17)19-3)13-12(18)14-6-4-5-8(14)10(15)16/h7-9H,4-6H2,1-3H3,(H,13,18)(H,15,16). The van der Waals surface area contributed by atoms with Gasteiger partial charge in [-0.15, -0.1) is 0 Å². The van der Waals surface area contributed by atoms with Gasteiger partial charge in [-0.25, -0.2) is 14.4 Å². The second kappa shape index (κ2) is 6.40. The summed E-state index contributed by atoms with van der Waals surface area (Å²) < 4.78 is 4.62. The number of aliphatic carboxylic acids is 1. The monoisotopic (exact) mass is 272 g/mol. The van der Waals surface area contributed by atoms with Crippen molar-refractivity contribution in [2.24, 2.45) is 5.92 Å². The van der Waals surface area contributed by atoms with E-state index in [4.69, 9.17) is 5.11 Å². The molecule has 7 heteroatoms. The molecule has 0 radical (unpaired) electrons. The number of rotatable bonds is 4. The third-order valence-electron chi connectivity index (χ3n) is 3.20. The molecule has 7 nitrogen and oxygen atoms in total. The molecule has 0 saturated carbocycles. The molecule has 108 valence electrons. The van der Waals surface area contributed by atoms with Gasteiger partial charge in [0.25, 0.3) is 0 Å². The molecule has 1 aliphatic heterocycles. The number of carbonyl (C=O) groups excluding carboxylic acids is 2. The summed E-state index contributed by atoms with van der Waals surface area (Å²) in [5, 5.41) is 11.6. The zero-order valence-electron chi connectivity index (χ0n) is 11.4. The lowest BCUT2D eigenvalue weighted by Crippen LogP contribution is -2.53. The average Bonchev–Trinajstić information content (AvgIpc) is 2.83. The molecule has 0 aromatic rings. The predicted molar refractivity (Wildman–Crippen MR) is 66.5 cm³/mol. The quantitative estimate of drug-likeness (QED) is 0.724. The summed E-state index contributed by atoms with van der Waals surface area (Å²) in [7, 11) is 1.25. The van der Waals surface area contributed by atoms with Gasteiger partial charge in [0.05, 0.1) is 7.11 Å². The zero-order chi connectivity index (χ0) is 14.6. The van der Waals surface area contributed by atoms with Crippen LogP contribution in [0.25, 0.3) is 0 Å². The third-order valence-corrected chi connectivity index (χ3v) is 3.20. The highest BCUT2D eigenvalue weighted by atomic mass is 16.5. The number of esters is 1. The molecule has 1 heterocycles. The minimum atomic E-state index is -1.02. The Morgan fingerprint density at radius 1 is 1.37 bits per heavy atom. The lowest BCUT2D eigenvalue weighted by molar-refractivity contribution is -0.144. The van der Waals surface area contributed by atoms with E-state index in [1.54, 1.807) is 13.8 Å². The van der Waals surface area contributed by atoms with E-state index in [1.807, 2.05) is 0 Å². The fraction of sp³-hybridized carbons (Fsp3) is 0.750. The molecule has 1 aliphatic rings. The maximum Gasteiger partial charge on any atom is 0.328 e. The molecule has 0 aromatic heterocycles. The van der Waals surface area contributed by atoms with Crippen LogP contribution in [0.5, 0.6) is 0 Å². The SMILES string of the molecule is COC(=O)C(NC(=O)N1CCCC1C(=O)O)C(C)C. The number of ether oxygens (including phenoxy) is 1. The lowest BCUT2D eigenvalue weighted by atomic mass is 10.1. The Labute approximate surface area is 111 Å². The molecular weight excluding hydrogens is 252 g/mol. The Morgan fingerprint density at radius 2 is 2.00 bits per heavy atom. The molecule has 2 atom stereocenters. The maximum atomic E-state index is 12.0. The van der Waals surface area contributed by atoms with Gasteiger partial charge >= 0.3 is 18.0 Å². The highest BCUT2D eigenvalue weighted by Gasteiger charge is 2.36. The van der Waals surface area contributed by atoms with Crippen molar-refractivity contribution < 1.29 is 24.2 Å². The van der Waals surface area contributed by atoms with Gasteiger partial charge in [0.1, 0.15) is 12.1 Å². The normalized spacial score (nSPS) is 20.2. The van der Waals surface area contributed by atoms with E-state index < -0.39 is 30.1 Å². The van der Waals surface area contributed by atoms with Gasteiger partial charge in [0.15, 0.2) is 0 Å². The molecule has 1 saturated heterocycles. The van der Waals surface area contributed by atoms with Gasteiger partial charge in [0, 0.05) is 6.54 Å². The minimum absolute atomic E-state index is 0.137. The number of amides is 2. The highest BCUT2D eigenvalue weighted by Crippen LogP contribution is 2.18. The van der Waals surface area contributed by atoms with Crippen LogP contribution in [0.4, 0.5) is 4.79 Å². The Balaban J connectivity index is 2.71. The fourth-order valence-corrected chi connectivity index (χ4v) is 2.11. The zero-order valence-corrected chi connectivity index (χ0v) is 11.4. The van der Waals surface area contributed by atoms with Crippen molar-refractivity contribution in [3.63, 3.8) is 0 Å². The van der Waals surface area contributed by atoms with Crippen molar-refractivity contribution >= 4 is 18.0 Å². The molecule has 2 amide bonds. The van der Waals surface area contributed by atoms with Crippen molar-refractivity contribution in [3.8, 4) is 0 Å². The summed E-state index contributed by atoms with van der Waals surface area (Å²) in [5.41, 5.74) is 0. The Bertz CT molecular complexity index is 369. The van der Waals surface area contributed by atoms with E-state index >= 15 is 0 Å². The van der Waals surface area contributed by atoms with Crippen LogP contribution in [0.1, 0.15) is 26.7 Å². The van der Waals surface area contributed by atoms with E-state index in [2.05, 4.69) is 10.1 Å². The van der Waals surface area contributed by atoms with E-state index in [-0.39, 0.29) is 5.92 Å². The molecule has 0 aliphatic carbocycles. The second-order valence-corrected chi connectivity index (χ2v) is 4.88. The second-order valence-electron chi connectivity index (χ2n) is 4.88. The summed E-state index contributed by atoms with van der Waals surface area (Å²) in [6.07, 6.45) is 1.09. The molecular formula is C12H20N2O5. The number of nitrogens with one attached hydrogen (secondary N) is 1. The molecule has 2 unspecified atom stereocenters. The summed E-state index contributed by atoms with van der Waals surface area (Å²) in [5.74, 6) is -1.69. The molecule has 1 rings (SSSR count). The number of carboxylic acids is 1. The van der Waals surface area contributed by atoms with Crippen LogP contribution in [0, 0.1) is 5.92 Å². The van der Waals surface area contributed by atoms with Gasteiger partial charge in [-0.05, 0) is 18.8 Å². The number of carbonyl (C=O) groups is 3. The third kappa shape index (κ3) is 3.59. The molecule has 0 spiro atoms. The number of nitrogens with zero attached hydrogens (tertiary/aromatic N) is 1. The molecule has 2 N–H and O–H groups in total. The Morgan fingerprint density at radius 3 is 2.47 bits per heavy atom. The minimum Gasteiger partial charge on any atom is -0.480 e. The number of urea groups is 1. The molecule has 0 aromatic carbocycles. The largest absolute Gasteiger partial charge is 0.480 e. The van der Waals surface area contributed by atoms with E-state index in [0.717, 1.165) is 0 Å².